The second-order valence-electron chi connectivity index (χ2n) is 7.06. The first kappa shape index (κ1) is 21.6. The Morgan fingerprint density at radius 3 is 2.04 bits per heavy atom. The Morgan fingerprint density at radius 1 is 1.07 bits per heavy atom. The number of nitrogens with zero attached hydrogens (tertiary/aromatic N) is 1. The topological polar surface area (TPSA) is 78.2 Å². The number of nitriles is 1. The van der Waals surface area contributed by atoms with Crippen LogP contribution >= 0.6 is 0 Å². The number of hydrogen-bond donors (Lipinski definition) is 1. The van der Waals surface area contributed by atoms with E-state index >= 15 is 0 Å². The maximum Gasteiger partial charge on any atom is 0.219 e. The molecule has 2 aromatic carbocycles. The average Bonchev–Trinajstić information content (AvgIpc) is 2.59. The molecule has 28 heavy (non-hydrogen) atoms. The molecule has 0 aliphatic heterocycles. The molecule has 0 unspecified atom stereocenters. The fraction of sp³-hybridized carbons (Fsp3) is 0.286. The lowest BCUT2D eigenvalue weighted by atomic mass is 9.91. The van der Waals surface area contributed by atoms with Gasteiger partial charge in [-0.15, -0.1) is 0 Å². The predicted octanol–water partition coefficient (Wildman–Crippen LogP) is 5.26. The molecule has 0 aromatic heterocycles. The summed E-state index contributed by atoms with van der Waals surface area (Å²) in [6.07, 6.45) is 1.13. The van der Waals surface area contributed by atoms with Gasteiger partial charge in [-0.2, -0.15) is 5.26 Å². The van der Waals surface area contributed by atoms with Crippen LogP contribution in [0.4, 0.5) is 8.78 Å². The molecule has 0 atom stereocenters. The van der Waals surface area contributed by atoms with E-state index in [1.54, 1.807) is 18.2 Å². The minimum absolute atomic E-state index is 0.0393. The van der Waals surface area contributed by atoms with Crippen LogP contribution in [0.3, 0.4) is 0 Å². The molecular weight excluding hydrogens is 384 g/mol. The van der Waals surface area contributed by atoms with Crippen molar-refractivity contribution in [3.63, 3.8) is 0 Å². The number of sulfone groups is 1. The summed E-state index contributed by atoms with van der Waals surface area (Å²) in [5, 5.41) is 19.9. The fourth-order valence-electron chi connectivity index (χ4n) is 2.80. The summed E-state index contributed by atoms with van der Waals surface area (Å²) in [5.41, 5.74) is 1.62. The van der Waals surface area contributed by atoms with Crippen LogP contribution in [-0.4, -0.2) is 13.5 Å². The lowest BCUT2D eigenvalue weighted by molar-refractivity contribution is 0.454. The van der Waals surface area contributed by atoms with Crippen molar-refractivity contribution >= 4 is 15.9 Å². The van der Waals surface area contributed by atoms with Crippen molar-refractivity contribution < 1.29 is 22.3 Å². The quantitative estimate of drug-likeness (QED) is 0.544. The zero-order chi connectivity index (χ0) is 21.2. The van der Waals surface area contributed by atoms with E-state index < -0.39 is 31.3 Å². The highest BCUT2D eigenvalue weighted by atomic mass is 32.2. The summed E-state index contributed by atoms with van der Waals surface area (Å²) in [7, 11) is -4.48. The molecule has 4 nitrogen and oxygen atoms in total. The van der Waals surface area contributed by atoms with Crippen LogP contribution in [0, 0.1) is 23.0 Å². The Hall–Kier alpha value is -2.72. The molecule has 0 bridgehead atoms. The molecule has 148 valence electrons. The van der Waals surface area contributed by atoms with E-state index in [0.29, 0.717) is 22.8 Å². The van der Waals surface area contributed by atoms with Gasteiger partial charge in [0, 0.05) is 6.07 Å². The smallest absolute Gasteiger partial charge is 0.219 e. The van der Waals surface area contributed by atoms with Gasteiger partial charge in [0.15, 0.2) is 0 Å². The van der Waals surface area contributed by atoms with E-state index in [0.717, 1.165) is 18.2 Å². The maximum absolute atomic E-state index is 14.0. The number of hydrogen-bond acceptors (Lipinski definition) is 4. The van der Waals surface area contributed by atoms with Crippen molar-refractivity contribution in [2.24, 2.45) is 0 Å². The Kier molecular flexibility index (Phi) is 6.25. The zero-order valence-electron chi connectivity index (χ0n) is 16.0. The van der Waals surface area contributed by atoms with Gasteiger partial charge in [0.2, 0.25) is 9.84 Å². The molecule has 2 rings (SSSR count). The van der Waals surface area contributed by atoms with Crippen LogP contribution in [0.2, 0.25) is 0 Å². The Morgan fingerprint density at radius 2 is 1.61 bits per heavy atom. The first-order valence-electron chi connectivity index (χ1n) is 8.67. The summed E-state index contributed by atoms with van der Waals surface area (Å²) < 4.78 is 52.5. The molecule has 0 aliphatic carbocycles. The molecule has 0 saturated heterocycles. The van der Waals surface area contributed by atoms with Crippen LogP contribution in [0.15, 0.2) is 40.1 Å². The van der Waals surface area contributed by atoms with Crippen molar-refractivity contribution in [2.75, 3.05) is 0 Å². The lowest BCUT2D eigenvalue weighted by Crippen LogP contribution is -2.07. The lowest BCUT2D eigenvalue weighted by Gasteiger charge is -2.16. The normalized spacial score (nSPS) is 12.5. The molecule has 0 saturated carbocycles. The third-order valence-corrected chi connectivity index (χ3v) is 6.01. The van der Waals surface area contributed by atoms with Crippen molar-refractivity contribution in [3.05, 3.63) is 63.6 Å². The van der Waals surface area contributed by atoms with Crippen molar-refractivity contribution in [2.45, 2.75) is 44.4 Å². The van der Waals surface area contributed by atoms with Gasteiger partial charge < -0.3 is 5.11 Å². The second kappa shape index (κ2) is 8.11. The Balaban J connectivity index is 2.69. The van der Waals surface area contributed by atoms with Crippen LogP contribution in [0.5, 0.6) is 5.75 Å². The minimum atomic E-state index is -4.48. The molecule has 0 heterocycles. The number of benzene rings is 2. The van der Waals surface area contributed by atoms with E-state index in [4.69, 9.17) is 0 Å². The van der Waals surface area contributed by atoms with Gasteiger partial charge >= 0.3 is 0 Å². The molecule has 7 heteroatoms. The number of halogens is 2. The third kappa shape index (κ3) is 4.23. The molecule has 0 fully saturated rings. The molecule has 1 N–H and O–H groups in total. The van der Waals surface area contributed by atoms with Crippen LogP contribution in [0.25, 0.3) is 6.08 Å². The number of allylic oxidation sites excluding steroid dienone is 1. The summed E-state index contributed by atoms with van der Waals surface area (Å²) in [6.45, 7) is 7.51. The zero-order valence-corrected chi connectivity index (χ0v) is 16.8. The first-order valence-corrected chi connectivity index (χ1v) is 10.2. The predicted molar refractivity (Wildman–Crippen MR) is 103 cm³/mol. The van der Waals surface area contributed by atoms with E-state index in [9.17, 15) is 27.6 Å². The first-order chi connectivity index (χ1) is 13.0. The van der Waals surface area contributed by atoms with E-state index in [1.165, 1.54) is 0 Å². The molecule has 0 aliphatic rings. The van der Waals surface area contributed by atoms with Gasteiger partial charge in [-0.25, -0.2) is 17.2 Å². The summed E-state index contributed by atoms with van der Waals surface area (Å²) in [5.74, 6) is -2.13. The second-order valence-corrected chi connectivity index (χ2v) is 8.94. The van der Waals surface area contributed by atoms with E-state index in [-0.39, 0.29) is 17.6 Å². The van der Waals surface area contributed by atoms with E-state index in [1.807, 2.05) is 27.7 Å². The van der Waals surface area contributed by atoms with Gasteiger partial charge in [-0.1, -0.05) is 27.7 Å². The van der Waals surface area contributed by atoms with Crippen molar-refractivity contribution in [1.82, 2.24) is 0 Å². The van der Waals surface area contributed by atoms with Gasteiger partial charge in [-0.3, -0.25) is 0 Å². The summed E-state index contributed by atoms with van der Waals surface area (Å²) >= 11 is 0. The molecule has 0 spiro atoms. The summed E-state index contributed by atoms with van der Waals surface area (Å²) in [6, 6.07) is 6.85. The van der Waals surface area contributed by atoms with Gasteiger partial charge in [0.05, 0.1) is 0 Å². The molecule has 0 amide bonds. The van der Waals surface area contributed by atoms with Crippen molar-refractivity contribution in [3.8, 4) is 11.8 Å². The maximum atomic E-state index is 14.0. The summed E-state index contributed by atoms with van der Waals surface area (Å²) in [4.78, 5) is -1.44. The molecule has 0 radical (unpaired) electrons. The number of rotatable bonds is 5. The average molecular weight is 405 g/mol. The number of phenols is 1. The highest BCUT2D eigenvalue weighted by molar-refractivity contribution is 7.95. The molecule has 2 aromatic rings. The third-order valence-electron chi connectivity index (χ3n) is 4.32. The highest BCUT2D eigenvalue weighted by Gasteiger charge is 2.25. The SMILES string of the molecule is CC(C)c1cc(C=C(C#N)S(=O)(=O)c2ccc(F)cc2F)cc(C(C)C)c1O. The number of phenolic OH excluding ortho intramolecular Hbond substituents is 1. The minimum Gasteiger partial charge on any atom is -0.507 e. The standard InChI is InChI=1S/C21H21F2NO3S/c1-12(2)17-8-14(9-18(13(3)4)21(17)25)7-16(11-24)28(26,27)20-6-5-15(22)10-19(20)23/h5-10,12-13,25H,1-4H3. The van der Waals surface area contributed by atoms with Gasteiger partial charge in [0.25, 0.3) is 0 Å². The highest BCUT2D eigenvalue weighted by Crippen LogP contribution is 2.36. The van der Waals surface area contributed by atoms with Crippen LogP contribution < -0.4 is 0 Å². The molecular formula is C21H21F2NO3S. The van der Waals surface area contributed by atoms with Crippen molar-refractivity contribution in [1.29, 1.82) is 5.26 Å². The van der Waals surface area contributed by atoms with Gasteiger partial charge in [-0.05, 0) is 58.9 Å². The van der Waals surface area contributed by atoms with Gasteiger partial charge in [0.1, 0.15) is 33.3 Å². The van der Waals surface area contributed by atoms with Crippen LogP contribution in [-0.2, 0) is 9.84 Å². The largest absolute Gasteiger partial charge is 0.507 e. The number of aromatic hydroxyl groups is 1. The monoisotopic (exact) mass is 405 g/mol. The Labute approximate surface area is 163 Å². The van der Waals surface area contributed by atoms with E-state index in [2.05, 4.69) is 0 Å². The Bertz CT molecular complexity index is 1050. The fourth-order valence-corrected chi connectivity index (χ4v) is 4.01. The van der Waals surface area contributed by atoms with Crippen LogP contribution in [0.1, 0.15) is 56.2 Å².